The van der Waals surface area contributed by atoms with Gasteiger partial charge in [-0.05, 0) is 45.2 Å². The largest absolute Gasteiger partial charge is 0.464 e. The summed E-state index contributed by atoms with van der Waals surface area (Å²) in [4.78, 5) is 2.91. The van der Waals surface area contributed by atoms with Gasteiger partial charge in [0.15, 0.2) is 18.2 Å². The number of halogens is 6. The SMILES string of the molecule is COCCOCOc1c(C(F)(F)F)nc(F)c(I)c1I. The second-order valence-electron chi connectivity index (χ2n) is 3.37. The van der Waals surface area contributed by atoms with Crippen LogP contribution < -0.4 is 4.74 Å². The molecular weight excluding hydrogens is 512 g/mol. The monoisotopic (exact) mass is 521 g/mol. The molecule has 0 N–H and O–H groups in total. The van der Waals surface area contributed by atoms with E-state index in [1.54, 1.807) is 45.2 Å². The summed E-state index contributed by atoms with van der Waals surface area (Å²) in [6.07, 6.45) is -4.81. The minimum Gasteiger partial charge on any atom is -0.464 e. The van der Waals surface area contributed by atoms with Crippen molar-refractivity contribution in [3.63, 3.8) is 0 Å². The lowest BCUT2D eigenvalue weighted by molar-refractivity contribution is -0.144. The first-order valence-corrected chi connectivity index (χ1v) is 7.26. The zero-order valence-electron chi connectivity index (χ0n) is 10.1. The lowest BCUT2D eigenvalue weighted by atomic mass is 10.3. The molecule has 0 aliphatic heterocycles. The third-order valence-corrected chi connectivity index (χ3v) is 5.03. The second kappa shape index (κ2) is 7.89. The Hall–Kier alpha value is 0.0500. The van der Waals surface area contributed by atoms with Gasteiger partial charge in [0.25, 0.3) is 0 Å². The van der Waals surface area contributed by atoms with Crippen LogP contribution in [0.25, 0.3) is 0 Å². The van der Waals surface area contributed by atoms with E-state index >= 15 is 0 Å². The fraction of sp³-hybridized carbons (Fsp3) is 0.500. The first-order valence-electron chi connectivity index (χ1n) is 5.10. The van der Waals surface area contributed by atoms with Gasteiger partial charge in [-0.1, -0.05) is 0 Å². The number of aromatic nitrogens is 1. The number of hydrogen-bond donors (Lipinski definition) is 0. The van der Waals surface area contributed by atoms with Crippen molar-refractivity contribution in [2.75, 3.05) is 27.1 Å². The van der Waals surface area contributed by atoms with Gasteiger partial charge < -0.3 is 14.2 Å². The Morgan fingerprint density at radius 1 is 1.15 bits per heavy atom. The minimum atomic E-state index is -4.81. The van der Waals surface area contributed by atoms with Crippen molar-refractivity contribution in [1.82, 2.24) is 4.98 Å². The van der Waals surface area contributed by atoms with Crippen LogP contribution >= 0.6 is 45.2 Å². The average Bonchev–Trinajstić information content (AvgIpc) is 2.36. The molecule has 4 nitrogen and oxygen atoms in total. The van der Waals surface area contributed by atoms with Crippen molar-refractivity contribution < 1.29 is 31.8 Å². The van der Waals surface area contributed by atoms with Crippen molar-refractivity contribution in [2.45, 2.75) is 6.18 Å². The first kappa shape index (κ1) is 18.1. The number of pyridine rings is 1. The molecule has 0 amide bonds. The van der Waals surface area contributed by atoms with Gasteiger partial charge in [-0.2, -0.15) is 17.6 Å². The minimum absolute atomic E-state index is 0.00151. The highest BCUT2D eigenvalue weighted by molar-refractivity contribution is 14.1. The fourth-order valence-corrected chi connectivity index (χ4v) is 2.12. The molecule has 0 radical (unpaired) electrons. The van der Waals surface area contributed by atoms with Crippen LogP contribution in [0, 0.1) is 13.1 Å². The topological polar surface area (TPSA) is 40.6 Å². The van der Waals surface area contributed by atoms with Crippen LogP contribution in [0.1, 0.15) is 5.69 Å². The van der Waals surface area contributed by atoms with Gasteiger partial charge in [0.05, 0.1) is 20.4 Å². The summed E-state index contributed by atoms with van der Waals surface area (Å²) < 4.78 is 66.2. The summed E-state index contributed by atoms with van der Waals surface area (Å²) in [5.74, 6) is -1.73. The summed E-state index contributed by atoms with van der Waals surface area (Å²) in [5, 5.41) is 0. The molecule has 0 aromatic carbocycles. The number of methoxy groups -OCH3 is 1. The molecular formula is C10H9F4I2NO3. The van der Waals surface area contributed by atoms with Gasteiger partial charge in [0.2, 0.25) is 5.95 Å². The quantitative estimate of drug-likeness (QED) is 0.189. The smallest absolute Gasteiger partial charge is 0.437 e. The van der Waals surface area contributed by atoms with Crippen molar-refractivity contribution in [3.8, 4) is 5.75 Å². The van der Waals surface area contributed by atoms with Crippen molar-refractivity contribution in [2.24, 2.45) is 0 Å². The lowest BCUT2D eigenvalue weighted by Crippen LogP contribution is -2.17. The number of rotatable bonds is 6. The Balaban J connectivity index is 2.95. The zero-order chi connectivity index (χ0) is 15.3. The molecule has 20 heavy (non-hydrogen) atoms. The van der Waals surface area contributed by atoms with Crippen LogP contribution in [0.4, 0.5) is 17.6 Å². The number of hydrogen-bond acceptors (Lipinski definition) is 4. The fourth-order valence-electron chi connectivity index (χ4n) is 1.12. The molecule has 0 aliphatic carbocycles. The normalized spacial score (nSPS) is 11.8. The molecule has 0 saturated heterocycles. The maximum absolute atomic E-state index is 13.3. The highest BCUT2D eigenvalue weighted by Gasteiger charge is 2.39. The predicted octanol–water partition coefficient (Wildman–Crippen LogP) is 3.45. The molecule has 0 aliphatic rings. The van der Waals surface area contributed by atoms with Crippen LogP contribution in [0.15, 0.2) is 0 Å². The van der Waals surface area contributed by atoms with E-state index in [2.05, 4.69) is 4.98 Å². The van der Waals surface area contributed by atoms with E-state index in [-0.39, 0.29) is 20.4 Å². The van der Waals surface area contributed by atoms with E-state index in [0.29, 0.717) is 0 Å². The highest BCUT2D eigenvalue weighted by Crippen LogP contribution is 2.39. The molecule has 1 aromatic heterocycles. The Bertz CT molecular complexity index is 471. The molecule has 0 saturated carbocycles. The summed E-state index contributed by atoms with van der Waals surface area (Å²) in [6.45, 7) is 0.0394. The molecule has 0 atom stereocenters. The van der Waals surface area contributed by atoms with Gasteiger partial charge >= 0.3 is 6.18 Å². The molecule has 1 heterocycles. The Morgan fingerprint density at radius 2 is 1.80 bits per heavy atom. The predicted molar refractivity (Wildman–Crippen MR) is 78.0 cm³/mol. The van der Waals surface area contributed by atoms with E-state index in [1.165, 1.54) is 7.11 Å². The molecule has 114 valence electrons. The molecule has 0 fully saturated rings. The lowest BCUT2D eigenvalue weighted by Gasteiger charge is -2.15. The van der Waals surface area contributed by atoms with Gasteiger partial charge in [0.1, 0.15) is 0 Å². The third-order valence-electron chi connectivity index (χ3n) is 1.99. The standard InChI is InChI=1S/C10H9F4I2NO3/c1-18-2-3-19-4-20-7-5(15)6(16)9(11)17-8(7)10(12,13)14/h2-4H2,1H3. The third kappa shape index (κ3) is 4.80. The van der Waals surface area contributed by atoms with Gasteiger partial charge in [0, 0.05) is 7.11 Å². The average molecular weight is 521 g/mol. The second-order valence-corrected chi connectivity index (χ2v) is 5.53. The zero-order valence-corrected chi connectivity index (χ0v) is 14.4. The number of alkyl halides is 3. The summed E-state index contributed by atoms with van der Waals surface area (Å²) in [5.41, 5.74) is -1.41. The highest BCUT2D eigenvalue weighted by atomic mass is 127. The van der Waals surface area contributed by atoms with Crippen molar-refractivity contribution in [3.05, 3.63) is 18.8 Å². The Morgan fingerprint density at radius 3 is 2.35 bits per heavy atom. The molecule has 1 aromatic rings. The molecule has 10 heteroatoms. The summed E-state index contributed by atoms with van der Waals surface area (Å²) in [7, 11) is 1.46. The van der Waals surface area contributed by atoms with E-state index in [4.69, 9.17) is 14.2 Å². The van der Waals surface area contributed by atoms with Crippen LogP contribution in [0.5, 0.6) is 5.75 Å². The molecule has 0 spiro atoms. The van der Waals surface area contributed by atoms with Crippen LogP contribution in [-0.4, -0.2) is 32.1 Å². The number of nitrogens with zero attached hydrogens (tertiary/aromatic N) is 1. The van der Waals surface area contributed by atoms with Crippen molar-refractivity contribution >= 4 is 45.2 Å². The molecule has 1 rings (SSSR count). The van der Waals surface area contributed by atoms with Gasteiger partial charge in [-0.25, -0.2) is 4.98 Å². The van der Waals surface area contributed by atoms with Gasteiger partial charge in [-0.15, -0.1) is 0 Å². The van der Waals surface area contributed by atoms with Crippen LogP contribution in [0.3, 0.4) is 0 Å². The maximum Gasteiger partial charge on any atom is 0.437 e. The van der Waals surface area contributed by atoms with E-state index < -0.39 is 30.4 Å². The van der Waals surface area contributed by atoms with Crippen LogP contribution in [0.2, 0.25) is 0 Å². The van der Waals surface area contributed by atoms with Crippen molar-refractivity contribution in [1.29, 1.82) is 0 Å². The Kier molecular flexibility index (Phi) is 7.14. The van der Waals surface area contributed by atoms with Crippen LogP contribution in [-0.2, 0) is 15.7 Å². The Labute approximate surface area is 139 Å². The van der Waals surface area contributed by atoms with Gasteiger partial charge in [-0.3, -0.25) is 0 Å². The van der Waals surface area contributed by atoms with E-state index in [0.717, 1.165) is 0 Å². The molecule has 0 bridgehead atoms. The molecule has 0 unspecified atom stereocenters. The summed E-state index contributed by atoms with van der Waals surface area (Å²) >= 11 is 3.13. The van der Waals surface area contributed by atoms with E-state index in [9.17, 15) is 17.6 Å². The maximum atomic E-state index is 13.3. The first-order chi connectivity index (χ1) is 9.29. The summed E-state index contributed by atoms with van der Waals surface area (Å²) in [6, 6.07) is 0. The van der Waals surface area contributed by atoms with E-state index in [1.807, 2.05) is 0 Å². The number of ether oxygens (including phenoxy) is 3.